The number of methoxy groups -OCH3 is 1. The van der Waals surface area contributed by atoms with Crippen LogP contribution in [0.5, 0.6) is 11.5 Å². The number of rotatable bonds is 7. The minimum atomic E-state index is -0.821. The van der Waals surface area contributed by atoms with E-state index in [0.29, 0.717) is 39.0 Å². The molecular weight excluding hydrogens is 286 g/mol. The number of carboxylic acid groups (broad SMARTS) is 1. The Labute approximate surface area is 129 Å². The van der Waals surface area contributed by atoms with E-state index in [-0.39, 0.29) is 5.91 Å². The SMILES string of the molecule is COc1ccc(OCCCC(=O)N2CCC(C(=O)O)C2)cc1. The molecule has 0 saturated carbocycles. The molecule has 0 aromatic heterocycles. The number of hydrogen-bond acceptors (Lipinski definition) is 4. The van der Waals surface area contributed by atoms with Crippen molar-refractivity contribution < 1.29 is 24.2 Å². The number of likely N-dealkylation sites (tertiary alicyclic amines) is 1. The quantitative estimate of drug-likeness (QED) is 0.777. The first-order chi connectivity index (χ1) is 10.6. The first-order valence-electron chi connectivity index (χ1n) is 7.37. The van der Waals surface area contributed by atoms with Crippen LogP contribution in [0.15, 0.2) is 24.3 Å². The minimum Gasteiger partial charge on any atom is -0.497 e. The van der Waals surface area contributed by atoms with E-state index < -0.39 is 11.9 Å². The molecule has 1 atom stereocenters. The molecule has 1 saturated heterocycles. The lowest BCUT2D eigenvalue weighted by molar-refractivity contribution is -0.141. The van der Waals surface area contributed by atoms with Crippen molar-refractivity contribution in [2.24, 2.45) is 5.92 Å². The Bertz CT molecular complexity index is 514. The molecule has 0 bridgehead atoms. The van der Waals surface area contributed by atoms with Crippen LogP contribution in [0.25, 0.3) is 0 Å². The summed E-state index contributed by atoms with van der Waals surface area (Å²) in [6.07, 6.45) is 1.53. The van der Waals surface area contributed by atoms with Crippen LogP contribution in [0.3, 0.4) is 0 Å². The number of amides is 1. The molecule has 0 spiro atoms. The molecule has 1 unspecified atom stereocenters. The third kappa shape index (κ3) is 4.38. The Morgan fingerprint density at radius 2 is 1.95 bits per heavy atom. The highest BCUT2D eigenvalue weighted by atomic mass is 16.5. The summed E-state index contributed by atoms with van der Waals surface area (Å²) >= 11 is 0. The Morgan fingerprint density at radius 1 is 1.27 bits per heavy atom. The van der Waals surface area contributed by atoms with E-state index in [2.05, 4.69) is 0 Å². The van der Waals surface area contributed by atoms with Crippen molar-refractivity contribution in [3.8, 4) is 11.5 Å². The molecule has 2 rings (SSSR count). The van der Waals surface area contributed by atoms with Crippen molar-refractivity contribution in [3.05, 3.63) is 24.3 Å². The zero-order valence-corrected chi connectivity index (χ0v) is 12.7. The van der Waals surface area contributed by atoms with Gasteiger partial charge in [0.2, 0.25) is 5.91 Å². The molecule has 1 fully saturated rings. The zero-order chi connectivity index (χ0) is 15.9. The molecule has 0 aliphatic carbocycles. The van der Waals surface area contributed by atoms with E-state index in [1.165, 1.54) is 0 Å². The Hall–Kier alpha value is -2.24. The number of carbonyl (C=O) groups excluding carboxylic acids is 1. The summed E-state index contributed by atoms with van der Waals surface area (Å²) in [6.45, 7) is 1.32. The van der Waals surface area contributed by atoms with Crippen molar-refractivity contribution in [2.45, 2.75) is 19.3 Å². The lowest BCUT2D eigenvalue weighted by Crippen LogP contribution is -2.30. The molecule has 120 valence electrons. The number of carboxylic acids is 1. The van der Waals surface area contributed by atoms with Gasteiger partial charge in [0, 0.05) is 19.5 Å². The fourth-order valence-corrected chi connectivity index (χ4v) is 2.43. The number of hydrogen-bond donors (Lipinski definition) is 1. The van der Waals surface area contributed by atoms with E-state index in [0.717, 1.165) is 11.5 Å². The van der Waals surface area contributed by atoms with Gasteiger partial charge in [-0.05, 0) is 37.1 Å². The second-order valence-corrected chi connectivity index (χ2v) is 5.29. The van der Waals surface area contributed by atoms with Crippen LogP contribution in [0.4, 0.5) is 0 Å². The van der Waals surface area contributed by atoms with Gasteiger partial charge in [0.1, 0.15) is 11.5 Å². The number of benzene rings is 1. The molecule has 1 aromatic carbocycles. The molecule has 1 amide bonds. The van der Waals surface area contributed by atoms with E-state index in [1.54, 1.807) is 12.0 Å². The van der Waals surface area contributed by atoms with Crippen molar-refractivity contribution >= 4 is 11.9 Å². The lowest BCUT2D eigenvalue weighted by Gasteiger charge is -2.15. The number of nitrogens with zero attached hydrogens (tertiary/aromatic N) is 1. The summed E-state index contributed by atoms with van der Waals surface area (Å²) in [5, 5.41) is 8.92. The van der Waals surface area contributed by atoms with Crippen LogP contribution in [0, 0.1) is 5.92 Å². The zero-order valence-electron chi connectivity index (χ0n) is 12.7. The van der Waals surface area contributed by atoms with Crippen LogP contribution < -0.4 is 9.47 Å². The summed E-state index contributed by atoms with van der Waals surface area (Å²) in [4.78, 5) is 24.5. The van der Waals surface area contributed by atoms with Crippen LogP contribution in [0.1, 0.15) is 19.3 Å². The maximum absolute atomic E-state index is 12.0. The second-order valence-electron chi connectivity index (χ2n) is 5.29. The Balaban J connectivity index is 1.66. The van der Waals surface area contributed by atoms with Crippen molar-refractivity contribution in [1.29, 1.82) is 0 Å². The van der Waals surface area contributed by atoms with Gasteiger partial charge < -0.3 is 19.5 Å². The summed E-state index contributed by atoms with van der Waals surface area (Å²) in [5.41, 5.74) is 0. The average Bonchev–Trinajstić information content (AvgIpc) is 3.02. The van der Waals surface area contributed by atoms with Gasteiger partial charge in [0.05, 0.1) is 19.6 Å². The predicted octanol–water partition coefficient (Wildman–Crippen LogP) is 1.79. The first-order valence-corrected chi connectivity index (χ1v) is 7.37. The number of ether oxygens (including phenoxy) is 2. The molecule has 1 heterocycles. The largest absolute Gasteiger partial charge is 0.497 e. The van der Waals surface area contributed by atoms with Gasteiger partial charge in [-0.3, -0.25) is 9.59 Å². The molecule has 1 aliphatic heterocycles. The molecule has 1 N–H and O–H groups in total. The normalized spacial score (nSPS) is 17.3. The van der Waals surface area contributed by atoms with Gasteiger partial charge in [-0.25, -0.2) is 0 Å². The van der Waals surface area contributed by atoms with E-state index in [4.69, 9.17) is 14.6 Å². The summed E-state index contributed by atoms with van der Waals surface area (Å²) in [5.74, 6) is 0.268. The van der Waals surface area contributed by atoms with E-state index in [9.17, 15) is 9.59 Å². The third-order valence-electron chi connectivity index (χ3n) is 3.75. The highest BCUT2D eigenvalue weighted by molar-refractivity contribution is 5.78. The number of aliphatic carboxylic acids is 1. The number of carbonyl (C=O) groups is 2. The maximum atomic E-state index is 12.0. The lowest BCUT2D eigenvalue weighted by atomic mass is 10.1. The maximum Gasteiger partial charge on any atom is 0.308 e. The summed E-state index contributed by atoms with van der Waals surface area (Å²) < 4.78 is 10.6. The van der Waals surface area contributed by atoms with Gasteiger partial charge in [-0.2, -0.15) is 0 Å². The van der Waals surface area contributed by atoms with Gasteiger partial charge in [0.15, 0.2) is 0 Å². The minimum absolute atomic E-state index is 0.00193. The van der Waals surface area contributed by atoms with Crippen LogP contribution >= 0.6 is 0 Å². The van der Waals surface area contributed by atoms with Crippen molar-refractivity contribution in [3.63, 3.8) is 0 Å². The fraction of sp³-hybridized carbons (Fsp3) is 0.500. The van der Waals surface area contributed by atoms with Crippen LogP contribution in [-0.4, -0.2) is 48.7 Å². The van der Waals surface area contributed by atoms with Gasteiger partial charge in [0.25, 0.3) is 0 Å². The second kappa shape index (κ2) is 7.68. The fourth-order valence-electron chi connectivity index (χ4n) is 2.43. The molecular formula is C16H21NO5. The smallest absolute Gasteiger partial charge is 0.308 e. The molecule has 1 aromatic rings. The van der Waals surface area contributed by atoms with Gasteiger partial charge in [-0.15, -0.1) is 0 Å². The van der Waals surface area contributed by atoms with E-state index >= 15 is 0 Å². The average molecular weight is 307 g/mol. The monoisotopic (exact) mass is 307 g/mol. The Morgan fingerprint density at radius 3 is 2.55 bits per heavy atom. The highest BCUT2D eigenvalue weighted by Crippen LogP contribution is 2.19. The van der Waals surface area contributed by atoms with Crippen LogP contribution in [0.2, 0.25) is 0 Å². The third-order valence-corrected chi connectivity index (χ3v) is 3.75. The first kappa shape index (κ1) is 16.1. The van der Waals surface area contributed by atoms with Crippen molar-refractivity contribution in [1.82, 2.24) is 4.90 Å². The van der Waals surface area contributed by atoms with Gasteiger partial charge in [-0.1, -0.05) is 0 Å². The molecule has 1 aliphatic rings. The predicted molar refractivity (Wildman–Crippen MR) is 80.0 cm³/mol. The molecule has 6 heteroatoms. The summed E-state index contributed by atoms with van der Waals surface area (Å²) in [6, 6.07) is 7.27. The van der Waals surface area contributed by atoms with Crippen LogP contribution in [-0.2, 0) is 9.59 Å². The molecule has 0 radical (unpaired) electrons. The standard InChI is InChI=1S/C16H21NO5/c1-21-13-4-6-14(7-5-13)22-10-2-3-15(18)17-9-8-12(11-17)16(19)20/h4-7,12H,2-3,8-11H2,1H3,(H,19,20). The topological polar surface area (TPSA) is 76.1 Å². The van der Waals surface area contributed by atoms with E-state index in [1.807, 2.05) is 24.3 Å². The highest BCUT2D eigenvalue weighted by Gasteiger charge is 2.30. The van der Waals surface area contributed by atoms with Gasteiger partial charge >= 0.3 is 5.97 Å². The molecule has 6 nitrogen and oxygen atoms in total. The molecule has 22 heavy (non-hydrogen) atoms. The summed E-state index contributed by atoms with van der Waals surface area (Å²) in [7, 11) is 1.61. The Kier molecular flexibility index (Phi) is 5.63. The van der Waals surface area contributed by atoms with Crippen molar-refractivity contribution in [2.75, 3.05) is 26.8 Å².